The molecule has 2 amide bonds. The molecule has 0 saturated heterocycles. The van der Waals surface area contributed by atoms with Gasteiger partial charge in [0.25, 0.3) is 11.8 Å². The van der Waals surface area contributed by atoms with Crippen LogP contribution in [0.3, 0.4) is 0 Å². The number of quaternary nitrogens is 1. The number of likely N-dealkylation sites (N-methyl/N-ethyl adjacent to an activating group) is 1. The number of ether oxygens (including phenoxy) is 1. The lowest BCUT2D eigenvalue weighted by atomic mass is 9.48. The Kier molecular flexibility index (Phi) is 6.56. The molecule has 170 valence electrons. The Morgan fingerprint density at radius 2 is 1.58 bits per heavy atom. The Balaban J connectivity index is 1.27. The maximum atomic E-state index is 12.8. The van der Waals surface area contributed by atoms with E-state index in [9.17, 15) is 9.59 Å². The molecule has 4 aliphatic rings. The van der Waals surface area contributed by atoms with E-state index in [0.717, 1.165) is 40.6 Å². The van der Waals surface area contributed by atoms with E-state index < -0.39 is 0 Å². The first-order valence-electron chi connectivity index (χ1n) is 12.0. The van der Waals surface area contributed by atoms with Crippen molar-refractivity contribution in [3.63, 3.8) is 0 Å². The van der Waals surface area contributed by atoms with Crippen LogP contribution in [-0.4, -0.2) is 44.6 Å². The van der Waals surface area contributed by atoms with Crippen LogP contribution in [0.1, 0.15) is 52.4 Å². The second kappa shape index (κ2) is 9.19. The van der Waals surface area contributed by atoms with Gasteiger partial charge in [-0.05, 0) is 99.8 Å². The first-order chi connectivity index (χ1) is 14.9. The summed E-state index contributed by atoms with van der Waals surface area (Å²) in [4.78, 5) is 26.3. The molecular formula is C25H38N3O3+. The van der Waals surface area contributed by atoms with Crippen LogP contribution in [0.2, 0.25) is 0 Å². The Labute approximate surface area is 186 Å². The summed E-state index contributed by atoms with van der Waals surface area (Å²) < 4.78 is 5.15. The maximum Gasteiger partial charge on any atom is 0.279 e. The molecule has 4 saturated carbocycles. The largest absolute Gasteiger partial charge is 0.497 e. The number of carbonyl (C=O) groups excluding carboxylic acids is 2. The molecule has 0 radical (unpaired) electrons. The molecule has 5 rings (SSSR count). The zero-order valence-electron chi connectivity index (χ0n) is 19.2. The monoisotopic (exact) mass is 428 g/mol. The summed E-state index contributed by atoms with van der Waals surface area (Å²) >= 11 is 0. The van der Waals surface area contributed by atoms with Gasteiger partial charge in [-0.1, -0.05) is 0 Å². The summed E-state index contributed by atoms with van der Waals surface area (Å²) in [7, 11) is 1.62. The SMILES string of the molecule is CC[NH+](CC(=O)Nc1ccc(OC)cc1)CC(=O)N[C@@H](C)C12CC3CC(CC(C3)C1)C2. The molecule has 0 heterocycles. The van der Waals surface area contributed by atoms with Gasteiger partial charge in [0.15, 0.2) is 13.1 Å². The molecule has 0 aliphatic heterocycles. The van der Waals surface area contributed by atoms with Crippen LogP contribution >= 0.6 is 0 Å². The topological polar surface area (TPSA) is 71.9 Å². The molecule has 4 bridgehead atoms. The summed E-state index contributed by atoms with van der Waals surface area (Å²) in [5, 5.41) is 6.25. The van der Waals surface area contributed by atoms with Crippen LogP contribution in [-0.2, 0) is 9.59 Å². The van der Waals surface area contributed by atoms with Gasteiger partial charge < -0.3 is 20.3 Å². The second-order valence-corrected chi connectivity index (χ2v) is 10.3. The third-order valence-corrected chi connectivity index (χ3v) is 8.08. The fourth-order valence-corrected chi connectivity index (χ4v) is 6.80. The number of rotatable bonds is 9. The number of nitrogens with one attached hydrogen (secondary N) is 3. The lowest BCUT2D eigenvalue weighted by Gasteiger charge is -2.59. The summed E-state index contributed by atoms with van der Waals surface area (Å²) in [5.74, 6) is 3.38. The van der Waals surface area contributed by atoms with Crippen molar-refractivity contribution in [2.75, 3.05) is 32.1 Å². The number of hydrogen-bond donors (Lipinski definition) is 3. The van der Waals surface area contributed by atoms with Crippen LogP contribution < -0.4 is 20.3 Å². The van der Waals surface area contributed by atoms with Gasteiger partial charge >= 0.3 is 0 Å². The molecule has 0 aromatic heterocycles. The van der Waals surface area contributed by atoms with Crippen molar-refractivity contribution in [3.05, 3.63) is 24.3 Å². The highest BCUT2D eigenvalue weighted by Crippen LogP contribution is 2.61. The minimum atomic E-state index is -0.0797. The zero-order valence-corrected chi connectivity index (χ0v) is 19.2. The number of hydrogen-bond acceptors (Lipinski definition) is 3. The molecule has 1 aromatic carbocycles. The fourth-order valence-electron chi connectivity index (χ4n) is 6.80. The minimum Gasteiger partial charge on any atom is -0.497 e. The van der Waals surface area contributed by atoms with Crippen molar-refractivity contribution >= 4 is 17.5 Å². The van der Waals surface area contributed by atoms with Crippen molar-refractivity contribution in [2.24, 2.45) is 23.2 Å². The molecule has 6 nitrogen and oxygen atoms in total. The van der Waals surface area contributed by atoms with Gasteiger partial charge in [0.1, 0.15) is 5.75 Å². The van der Waals surface area contributed by atoms with E-state index in [1.54, 1.807) is 7.11 Å². The third-order valence-electron chi connectivity index (χ3n) is 8.08. The molecule has 3 N–H and O–H groups in total. The Morgan fingerprint density at radius 1 is 1.03 bits per heavy atom. The molecule has 2 atom stereocenters. The van der Waals surface area contributed by atoms with E-state index in [0.29, 0.717) is 12.0 Å². The highest BCUT2D eigenvalue weighted by atomic mass is 16.5. The summed E-state index contributed by atoms with van der Waals surface area (Å²) in [6.07, 6.45) is 8.10. The van der Waals surface area contributed by atoms with Crippen molar-refractivity contribution in [3.8, 4) is 5.75 Å². The lowest BCUT2D eigenvalue weighted by molar-refractivity contribution is -0.881. The van der Waals surface area contributed by atoms with Crippen LogP contribution in [0, 0.1) is 23.2 Å². The standard InChI is InChI=1S/C25H37N3O3/c1-4-28(16-24(30)27-21-5-7-22(31-3)8-6-21)15-23(29)26-17(2)25-12-18-9-19(13-25)11-20(10-18)14-25/h5-8,17-20H,4,9-16H2,1-3H3,(H,26,29)(H,27,30)/p+1/t17-,18?,19?,20?,25?/m0/s1. The predicted molar refractivity (Wildman–Crippen MR) is 121 cm³/mol. The van der Waals surface area contributed by atoms with E-state index >= 15 is 0 Å². The van der Waals surface area contributed by atoms with Crippen molar-refractivity contribution in [1.29, 1.82) is 0 Å². The normalized spacial score (nSPS) is 30.5. The Bertz CT molecular complexity index is 756. The number of carbonyl (C=O) groups is 2. The quantitative estimate of drug-likeness (QED) is 0.565. The number of anilines is 1. The lowest BCUT2D eigenvalue weighted by Crippen LogP contribution is -3.14. The predicted octanol–water partition coefficient (Wildman–Crippen LogP) is 2.26. The van der Waals surface area contributed by atoms with E-state index in [4.69, 9.17) is 4.74 Å². The highest BCUT2D eigenvalue weighted by molar-refractivity contribution is 5.91. The van der Waals surface area contributed by atoms with E-state index in [-0.39, 0.29) is 24.4 Å². The molecule has 1 aromatic rings. The second-order valence-electron chi connectivity index (χ2n) is 10.3. The van der Waals surface area contributed by atoms with Gasteiger partial charge in [0, 0.05) is 11.7 Å². The van der Waals surface area contributed by atoms with Gasteiger partial charge in [-0.25, -0.2) is 0 Å². The fraction of sp³-hybridized carbons (Fsp3) is 0.680. The third kappa shape index (κ3) is 5.05. The average molecular weight is 429 g/mol. The number of methoxy groups -OCH3 is 1. The van der Waals surface area contributed by atoms with Crippen molar-refractivity contribution < 1.29 is 19.2 Å². The Morgan fingerprint density at radius 3 is 2.10 bits per heavy atom. The number of benzene rings is 1. The zero-order chi connectivity index (χ0) is 22.0. The highest BCUT2D eigenvalue weighted by Gasteiger charge is 2.53. The summed E-state index contributed by atoms with van der Waals surface area (Å²) in [5.41, 5.74) is 1.05. The molecule has 1 unspecified atom stereocenters. The Hall–Kier alpha value is -2.08. The average Bonchev–Trinajstić information content (AvgIpc) is 2.72. The molecule has 6 heteroatoms. The van der Waals surface area contributed by atoms with E-state index in [2.05, 4.69) is 17.6 Å². The van der Waals surface area contributed by atoms with Crippen LogP contribution in [0.15, 0.2) is 24.3 Å². The summed E-state index contributed by atoms with van der Waals surface area (Å²) in [6.45, 7) is 5.58. The van der Waals surface area contributed by atoms with Gasteiger partial charge in [0.2, 0.25) is 0 Å². The molecule has 0 spiro atoms. The van der Waals surface area contributed by atoms with Crippen molar-refractivity contribution in [2.45, 2.75) is 58.4 Å². The van der Waals surface area contributed by atoms with Crippen molar-refractivity contribution in [1.82, 2.24) is 5.32 Å². The molecular weight excluding hydrogens is 390 g/mol. The smallest absolute Gasteiger partial charge is 0.279 e. The van der Waals surface area contributed by atoms with Gasteiger partial charge in [-0.2, -0.15) is 0 Å². The maximum absolute atomic E-state index is 12.8. The number of amides is 2. The first kappa shape index (κ1) is 22.1. The van der Waals surface area contributed by atoms with Gasteiger partial charge in [-0.15, -0.1) is 0 Å². The molecule has 4 fully saturated rings. The molecule has 4 aliphatic carbocycles. The van der Waals surface area contributed by atoms with E-state index in [1.807, 2.05) is 31.2 Å². The minimum absolute atomic E-state index is 0.0670. The van der Waals surface area contributed by atoms with Gasteiger partial charge in [-0.3, -0.25) is 9.59 Å². The van der Waals surface area contributed by atoms with E-state index in [1.165, 1.54) is 38.5 Å². The first-order valence-corrected chi connectivity index (χ1v) is 12.0. The van der Waals surface area contributed by atoms with Crippen LogP contribution in [0.25, 0.3) is 0 Å². The van der Waals surface area contributed by atoms with Gasteiger partial charge in [0.05, 0.1) is 13.7 Å². The summed E-state index contributed by atoms with van der Waals surface area (Å²) in [6, 6.07) is 7.50. The van der Waals surface area contributed by atoms with Crippen LogP contribution in [0.4, 0.5) is 5.69 Å². The van der Waals surface area contributed by atoms with Crippen LogP contribution in [0.5, 0.6) is 5.75 Å². The molecule has 31 heavy (non-hydrogen) atoms.